The van der Waals surface area contributed by atoms with Gasteiger partial charge in [0, 0.05) is 18.2 Å². The van der Waals surface area contributed by atoms with Gasteiger partial charge in [-0.25, -0.2) is 4.39 Å². The predicted molar refractivity (Wildman–Crippen MR) is 87.1 cm³/mol. The number of carbonyl (C=O) groups is 2. The van der Waals surface area contributed by atoms with E-state index in [1.165, 1.54) is 30.4 Å². The predicted octanol–water partition coefficient (Wildman–Crippen LogP) is 3.32. The number of halogens is 1. The highest BCUT2D eigenvalue weighted by Gasteiger charge is 2.08. The summed E-state index contributed by atoms with van der Waals surface area (Å²) in [5.74, 6) is -0.779. The molecule has 0 spiro atoms. The van der Waals surface area contributed by atoms with Crippen LogP contribution in [0.2, 0.25) is 0 Å². The van der Waals surface area contributed by atoms with Crippen LogP contribution in [-0.4, -0.2) is 16.3 Å². The normalized spacial score (nSPS) is 11.9. The first-order valence-electron chi connectivity index (χ1n) is 6.91. The molecular weight excluding hydrogens is 315 g/mol. The van der Waals surface area contributed by atoms with Gasteiger partial charge >= 0.3 is 0 Å². The Hall–Kier alpha value is -2.60. The summed E-state index contributed by atoms with van der Waals surface area (Å²) in [6.45, 7) is 1.47. The molecule has 23 heavy (non-hydrogen) atoms. The molecule has 6 heteroatoms. The number of hydrogen-bond acceptors (Lipinski definition) is 3. The summed E-state index contributed by atoms with van der Waals surface area (Å²) in [7, 11) is 1.78. The number of Topliss-reactive ketones (excluding diaryl/α,β-unsaturated/α-hetero) is 1. The number of benzene rings is 2. The van der Waals surface area contributed by atoms with Gasteiger partial charge in [-0.15, -0.1) is 0 Å². The molecular formula is C17H13FN2O2S. The third-order valence-corrected chi connectivity index (χ3v) is 4.60. The first-order chi connectivity index (χ1) is 11.0. The van der Waals surface area contributed by atoms with Crippen molar-refractivity contribution in [1.82, 2.24) is 4.57 Å². The molecule has 0 saturated carbocycles. The van der Waals surface area contributed by atoms with Crippen molar-refractivity contribution < 1.29 is 14.0 Å². The summed E-state index contributed by atoms with van der Waals surface area (Å²) in [6, 6.07) is 10.8. The number of ketones is 1. The van der Waals surface area contributed by atoms with Gasteiger partial charge in [0.05, 0.1) is 10.2 Å². The standard InChI is InChI=1S/C17H13FN2O2S/c1-10(21)11-3-5-12(6-4-11)16(22)19-17-20(2)14-8-7-13(18)9-15(14)23-17/h3-9H,1-2H3. The lowest BCUT2D eigenvalue weighted by Gasteiger charge is -1.98. The van der Waals surface area contributed by atoms with E-state index in [9.17, 15) is 14.0 Å². The summed E-state index contributed by atoms with van der Waals surface area (Å²) in [4.78, 5) is 28.1. The Kier molecular flexibility index (Phi) is 3.92. The number of hydrogen-bond donors (Lipinski definition) is 0. The van der Waals surface area contributed by atoms with Gasteiger partial charge in [-0.3, -0.25) is 9.59 Å². The Bertz CT molecular complexity index is 984. The summed E-state index contributed by atoms with van der Waals surface area (Å²) < 4.78 is 15.8. The minimum atomic E-state index is -0.400. The molecule has 1 amide bonds. The van der Waals surface area contributed by atoms with Gasteiger partial charge in [0.15, 0.2) is 10.6 Å². The molecule has 116 valence electrons. The molecule has 0 aliphatic heterocycles. The second kappa shape index (κ2) is 5.89. The fourth-order valence-corrected chi connectivity index (χ4v) is 3.25. The molecule has 3 rings (SSSR count). The lowest BCUT2D eigenvalue weighted by atomic mass is 10.1. The van der Waals surface area contributed by atoms with Crippen LogP contribution in [0, 0.1) is 5.82 Å². The van der Waals surface area contributed by atoms with E-state index in [2.05, 4.69) is 4.99 Å². The van der Waals surface area contributed by atoms with Crippen LogP contribution < -0.4 is 4.80 Å². The highest BCUT2D eigenvalue weighted by molar-refractivity contribution is 7.16. The third-order valence-electron chi connectivity index (χ3n) is 3.51. The van der Waals surface area contributed by atoms with Crippen LogP contribution >= 0.6 is 11.3 Å². The minimum absolute atomic E-state index is 0.0566. The Labute approximate surface area is 135 Å². The zero-order valence-electron chi connectivity index (χ0n) is 12.5. The van der Waals surface area contributed by atoms with Gasteiger partial charge in [0.1, 0.15) is 5.82 Å². The van der Waals surface area contributed by atoms with E-state index >= 15 is 0 Å². The number of aryl methyl sites for hydroxylation is 1. The number of rotatable bonds is 2. The van der Waals surface area contributed by atoms with Crippen LogP contribution in [0.3, 0.4) is 0 Å². The lowest BCUT2D eigenvalue weighted by molar-refractivity contribution is 0.0991. The van der Waals surface area contributed by atoms with Gasteiger partial charge in [-0.05, 0) is 37.3 Å². The molecule has 0 radical (unpaired) electrons. The molecule has 0 saturated heterocycles. The van der Waals surface area contributed by atoms with Crippen LogP contribution in [-0.2, 0) is 7.05 Å². The monoisotopic (exact) mass is 328 g/mol. The van der Waals surface area contributed by atoms with Crippen molar-refractivity contribution in [3.8, 4) is 0 Å². The third kappa shape index (κ3) is 2.98. The zero-order valence-corrected chi connectivity index (χ0v) is 13.4. The number of nitrogens with zero attached hydrogens (tertiary/aromatic N) is 2. The average Bonchev–Trinajstić information content (AvgIpc) is 2.82. The van der Waals surface area contributed by atoms with E-state index < -0.39 is 5.91 Å². The van der Waals surface area contributed by atoms with Gasteiger partial charge in [0.2, 0.25) is 0 Å². The molecule has 0 unspecified atom stereocenters. The van der Waals surface area contributed by atoms with Crippen molar-refractivity contribution in [2.24, 2.45) is 12.0 Å². The second-order valence-electron chi connectivity index (χ2n) is 5.11. The van der Waals surface area contributed by atoms with E-state index in [-0.39, 0.29) is 11.6 Å². The van der Waals surface area contributed by atoms with Crippen molar-refractivity contribution in [1.29, 1.82) is 0 Å². The van der Waals surface area contributed by atoms with Crippen LogP contribution in [0.4, 0.5) is 4.39 Å². The van der Waals surface area contributed by atoms with Crippen molar-refractivity contribution in [2.45, 2.75) is 6.92 Å². The number of amides is 1. The molecule has 1 heterocycles. The Morgan fingerprint density at radius 2 is 1.74 bits per heavy atom. The zero-order chi connectivity index (χ0) is 16.6. The number of fused-ring (bicyclic) bond motifs is 1. The van der Waals surface area contributed by atoms with Crippen molar-refractivity contribution >= 4 is 33.2 Å². The SMILES string of the molecule is CC(=O)c1ccc(C(=O)N=c2sc3cc(F)ccc3n2C)cc1. The highest BCUT2D eigenvalue weighted by atomic mass is 32.1. The van der Waals surface area contributed by atoms with E-state index in [0.717, 1.165) is 10.2 Å². The fraction of sp³-hybridized carbons (Fsp3) is 0.118. The summed E-state index contributed by atoms with van der Waals surface area (Å²) >= 11 is 1.25. The summed E-state index contributed by atoms with van der Waals surface area (Å²) in [6.07, 6.45) is 0. The van der Waals surface area contributed by atoms with E-state index in [1.807, 2.05) is 0 Å². The van der Waals surface area contributed by atoms with Gasteiger partial charge in [-0.1, -0.05) is 23.5 Å². The van der Waals surface area contributed by atoms with Crippen molar-refractivity contribution in [2.75, 3.05) is 0 Å². The Balaban J connectivity index is 2.02. The van der Waals surface area contributed by atoms with Crippen molar-refractivity contribution in [3.05, 3.63) is 64.2 Å². The molecule has 0 atom stereocenters. The maximum Gasteiger partial charge on any atom is 0.279 e. The lowest BCUT2D eigenvalue weighted by Crippen LogP contribution is -2.13. The van der Waals surface area contributed by atoms with E-state index in [0.29, 0.717) is 15.9 Å². The Morgan fingerprint density at radius 3 is 2.39 bits per heavy atom. The summed E-state index contributed by atoms with van der Waals surface area (Å²) in [5.41, 5.74) is 1.76. The van der Waals surface area contributed by atoms with Crippen LogP contribution in [0.5, 0.6) is 0 Å². The van der Waals surface area contributed by atoms with Crippen LogP contribution in [0.15, 0.2) is 47.5 Å². The maximum absolute atomic E-state index is 13.3. The molecule has 0 aliphatic carbocycles. The number of thiazole rings is 1. The molecule has 2 aromatic carbocycles. The number of carbonyl (C=O) groups excluding carboxylic acids is 2. The van der Waals surface area contributed by atoms with Crippen LogP contribution in [0.1, 0.15) is 27.6 Å². The maximum atomic E-state index is 13.3. The molecule has 0 fully saturated rings. The topological polar surface area (TPSA) is 51.4 Å². The molecule has 4 nitrogen and oxygen atoms in total. The summed E-state index contributed by atoms with van der Waals surface area (Å²) in [5, 5.41) is 0. The molecule has 1 aromatic heterocycles. The Morgan fingerprint density at radius 1 is 1.09 bits per heavy atom. The average molecular weight is 328 g/mol. The van der Waals surface area contributed by atoms with Gasteiger partial charge in [0.25, 0.3) is 5.91 Å². The second-order valence-corrected chi connectivity index (χ2v) is 6.12. The number of aromatic nitrogens is 1. The van der Waals surface area contributed by atoms with Gasteiger partial charge in [-0.2, -0.15) is 4.99 Å². The van der Waals surface area contributed by atoms with Gasteiger partial charge < -0.3 is 4.57 Å². The van der Waals surface area contributed by atoms with E-state index in [1.54, 1.807) is 41.9 Å². The fourth-order valence-electron chi connectivity index (χ4n) is 2.21. The molecule has 3 aromatic rings. The highest BCUT2D eigenvalue weighted by Crippen LogP contribution is 2.17. The smallest absolute Gasteiger partial charge is 0.279 e. The molecule has 0 bridgehead atoms. The van der Waals surface area contributed by atoms with E-state index in [4.69, 9.17) is 0 Å². The molecule has 0 N–H and O–H groups in total. The first kappa shape index (κ1) is 15.3. The van der Waals surface area contributed by atoms with Crippen molar-refractivity contribution in [3.63, 3.8) is 0 Å². The quantitative estimate of drug-likeness (QED) is 0.678. The molecule has 0 aliphatic rings. The largest absolute Gasteiger partial charge is 0.319 e. The van der Waals surface area contributed by atoms with Crippen LogP contribution in [0.25, 0.3) is 10.2 Å². The minimum Gasteiger partial charge on any atom is -0.319 e. The first-order valence-corrected chi connectivity index (χ1v) is 7.72.